The van der Waals surface area contributed by atoms with Gasteiger partial charge in [0.15, 0.2) is 0 Å². The Morgan fingerprint density at radius 1 is 1.30 bits per heavy atom. The number of para-hydroxylation sites is 1. The van der Waals surface area contributed by atoms with Gasteiger partial charge in [-0.15, -0.1) is 0 Å². The molecule has 1 aliphatic carbocycles. The lowest BCUT2D eigenvalue weighted by molar-refractivity contribution is 0.0726. The first-order valence-corrected chi connectivity index (χ1v) is 8.12. The molecular weight excluding hydrogens is 291 g/mol. The quantitative estimate of drug-likeness (QED) is 0.834. The van der Waals surface area contributed by atoms with Gasteiger partial charge in [0.25, 0.3) is 5.91 Å². The molecule has 0 saturated heterocycles. The van der Waals surface area contributed by atoms with Crippen molar-refractivity contribution in [3.05, 3.63) is 53.1 Å². The monoisotopic (exact) mass is 314 g/mol. The second kappa shape index (κ2) is 5.84. The number of carbonyl (C=O) groups excluding carboxylic acids is 1. The van der Waals surface area contributed by atoms with E-state index in [1.807, 2.05) is 36.4 Å². The first kappa shape index (κ1) is 15.8. The van der Waals surface area contributed by atoms with Gasteiger partial charge in [0.2, 0.25) is 0 Å². The molecule has 4 heteroatoms. The van der Waals surface area contributed by atoms with E-state index in [1.165, 1.54) is 18.9 Å². The zero-order valence-electron chi connectivity index (χ0n) is 14.1. The summed E-state index contributed by atoms with van der Waals surface area (Å²) >= 11 is 0. The van der Waals surface area contributed by atoms with Gasteiger partial charge in [-0.25, -0.2) is 4.39 Å². The number of aryl methyl sites for hydroxylation is 1. The molecule has 1 atom stereocenters. The van der Waals surface area contributed by atoms with Crippen LogP contribution in [0, 0.1) is 25.6 Å². The Kier molecular flexibility index (Phi) is 4.00. The second-order valence-electron chi connectivity index (χ2n) is 6.57. The minimum Gasteiger partial charge on any atom is -0.339 e. The van der Waals surface area contributed by atoms with Crippen molar-refractivity contribution in [2.75, 3.05) is 7.05 Å². The van der Waals surface area contributed by atoms with Crippen LogP contribution in [0.1, 0.15) is 41.5 Å². The van der Waals surface area contributed by atoms with E-state index in [-0.39, 0.29) is 17.8 Å². The number of nitrogens with zero attached hydrogens (tertiary/aromatic N) is 2. The van der Waals surface area contributed by atoms with E-state index in [0.29, 0.717) is 17.2 Å². The van der Waals surface area contributed by atoms with Crippen LogP contribution in [-0.2, 0) is 0 Å². The van der Waals surface area contributed by atoms with Crippen molar-refractivity contribution < 1.29 is 9.18 Å². The molecule has 1 fully saturated rings. The van der Waals surface area contributed by atoms with Gasteiger partial charge < -0.3 is 9.47 Å². The minimum absolute atomic E-state index is 0.0140. The lowest BCUT2D eigenvalue weighted by Gasteiger charge is -2.25. The molecule has 122 valence electrons. The third-order valence-electron chi connectivity index (χ3n) is 4.99. The van der Waals surface area contributed by atoms with Gasteiger partial charge in [0.1, 0.15) is 5.82 Å². The highest BCUT2D eigenvalue weighted by Crippen LogP contribution is 2.35. The van der Waals surface area contributed by atoms with Crippen LogP contribution in [0.4, 0.5) is 4.39 Å². The van der Waals surface area contributed by atoms with Crippen LogP contribution in [-0.4, -0.2) is 28.5 Å². The molecule has 1 saturated carbocycles. The number of halogens is 1. The third kappa shape index (κ3) is 2.78. The van der Waals surface area contributed by atoms with Crippen LogP contribution >= 0.6 is 0 Å². The van der Waals surface area contributed by atoms with E-state index in [4.69, 9.17) is 0 Å². The summed E-state index contributed by atoms with van der Waals surface area (Å²) in [6.07, 6.45) is 2.40. The van der Waals surface area contributed by atoms with Gasteiger partial charge in [-0.3, -0.25) is 4.79 Å². The number of benzene rings is 1. The summed E-state index contributed by atoms with van der Waals surface area (Å²) in [5, 5.41) is 0. The van der Waals surface area contributed by atoms with E-state index >= 15 is 0 Å². The molecule has 0 radical (unpaired) electrons. The second-order valence-corrected chi connectivity index (χ2v) is 6.57. The summed E-state index contributed by atoms with van der Waals surface area (Å²) in [6.45, 7) is 5.88. The fourth-order valence-electron chi connectivity index (χ4n) is 3.25. The predicted octanol–water partition coefficient (Wildman–Crippen LogP) is 4.10. The van der Waals surface area contributed by atoms with Crippen molar-refractivity contribution in [3.8, 4) is 5.69 Å². The summed E-state index contributed by atoms with van der Waals surface area (Å²) in [5.41, 5.74) is 2.79. The number of aromatic nitrogens is 1. The molecule has 1 aromatic carbocycles. The van der Waals surface area contributed by atoms with Crippen LogP contribution < -0.4 is 0 Å². The fourth-order valence-corrected chi connectivity index (χ4v) is 3.25. The number of hydrogen-bond acceptors (Lipinski definition) is 1. The molecule has 0 N–H and O–H groups in total. The van der Waals surface area contributed by atoms with E-state index < -0.39 is 0 Å². The minimum atomic E-state index is -0.284. The zero-order chi connectivity index (χ0) is 16.7. The Morgan fingerprint density at radius 3 is 2.57 bits per heavy atom. The Labute approximate surface area is 136 Å². The fraction of sp³-hybridized carbons (Fsp3) is 0.421. The van der Waals surface area contributed by atoms with E-state index in [2.05, 4.69) is 6.92 Å². The molecule has 0 aliphatic heterocycles. The van der Waals surface area contributed by atoms with Gasteiger partial charge in [-0.05, 0) is 57.7 Å². The molecule has 23 heavy (non-hydrogen) atoms. The average Bonchev–Trinajstić information content (AvgIpc) is 3.33. The first-order chi connectivity index (χ1) is 10.9. The van der Waals surface area contributed by atoms with Crippen molar-refractivity contribution in [1.82, 2.24) is 9.47 Å². The highest BCUT2D eigenvalue weighted by molar-refractivity contribution is 5.96. The molecule has 1 aromatic heterocycles. The Morgan fingerprint density at radius 2 is 1.96 bits per heavy atom. The largest absolute Gasteiger partial charge is 0.339 e. The van der Waals surface area contributed by atoms with Gasteiger partial charge in [-0.1, -0.05) is 12.1 Å². The maximum Gasteiger partial charge on any atom is 0.255 e. The summed E-state index contributed by atoms with van der Waals surface area (Å²) in [4.78, 5) is 14.7. The SMILES string of the molecule is Cc1cc(C(=O)N(C)[C@@H](C)C2CC2)c(C)n1-c1ccccc1F. The zero-order valence-corrected chi connectivity index (χ0v) is 14.1. The summed E-state index contributed by atoms with van der Waals surface area (Å²) in [5.74, 6) is 0.354. The Balaban J connectivity index is 1.97. The molecular formula is C19H23FN2O. The topological polar surface area (TPSA) is 25.2 Å². The molecule has 3 nitrogen and oxygen atoms in total. The van der Waals surface area contributed by atoms with Crippen molar-refractivity contribution in [3.63, 3.8) is 0 Å². The Bertz CT molecular complexity index is 746. The number of hydrogen-bond donors (Lipinski definition) is 0. The summed E-state index contributed by atoms with van der Waals surface area (Å²) in [6, 6.07) is 8.76. The number of amides is 1. The van der Waals surface area contributed by atoms with Crippen molar-refractivity contribution in [2.24, 2.45) is 5.92 Å². The van der Waals surface area contributed by atoms with Crippen molar-refractivity contribution >= 4 is 5.91 Å². The molecule has 2 aromatic rings. The molecule has 0 spiro atoms. The van der Waals surface area contributed by atoms with Gasteiger partial charge in [-0.2, -0.15) is 0 Å². The van der Waals surface area contributed by atoms with E-state index in [0.717, 1.165) is 11.4 Å². The smallest absolute Gasteiger partial charge is 0.255 e. The van der Waals surface area contributed by atoms with E-state index in [9.17, 15) is 9.18 Å². The van der Waals surface area contributed by atoms with Crippen LogP contribution in [0.3, 0.4) is 0 Å². The first-order valence-electron chi connectivity index (χ1n) is 8.12. The van der Waals surface area contributed by atoms with Gasteiger partial charge in [0.05, 0.1) is 11.3 Å². The Hall–Kier alpha value is -2.10. The van der Waals surface area contributed by atoms with Crippen LogP contribution in [0.25, 0.3) is 5.69 Å². The maximum atomic E-state index is 14.1. The third-order valence-corrected chi connectivity index (χ3v) is 4.99. The molecule has 1 amide bonds. The van der Waals surface area contributed by atoms with Gasteiger partial charge >= 0.3 is 0 Å². The molecule has 1 heterocycles. The van der Waals surface area contributed by atoms with Crippen molar-refractivity contribution in [1.29, 1.82) is 0 Å². The van der Waals surface area contributed by atoms with Crippen LogP contribution in [0.5, 0.6) is 0 Å². The van der Waals surface area contributed by atoms with Gasteiger partial charge in [0, 0.05) is 24.5 Å². The number of carbonyl (C=O) groups is 1. The lowest BCUT2D eigenvalue weighted by atomic mass is 10.1. The molecule has 1 aliphatic rings. The molecule has 0 bridgehead atoms. The van der Waals surface area contributed by atoms with Crippen molar-refractivity contribution in [2.45, 2.75) is 39.7 Å². The molecule has 3 rings (SSSR count). The highest BCUT2D eigenvalue weighted by Gasteiger charge is 2.33. The average molecular weight is 314 g/mol. The standard InChI is InChI=1S/C19H23FN2O/c1-12-11-16(19(23)21(4)13(2)15-9-10-15)14(3)22(12)18-8-6-5-7-17(18)20/h5-8,11,13,15H,9-10H2,1-4H3/t13-/m0/s1. The highest BCUT2D eigenvalue weighted by atomic mass is 19.1. The lowest BCUT2D eigenvalue weighted by Crippen LogP contribution is -2.36. The predicted molar refractivity (Wildman–Crippen MR) is 89.5 cm³/mol. The maximum absolute atomic E-state index is 14.1. The summed E-state index contributed by atoms with van der Waals surface area (Å²) in [7, 11) is 1.86. The summed E-state index contributed by atoms with van der Waals surface area (Å²) < 4.78 is 15.9. The normalized spacial score (nSPS) is 15.5. The number of rotatable bonds is 4. The molecule has 0 unspecified atom stereocenters. The van der Waals surface area contributed by atoms with E-state index in [1.54, 1.807) is 18.2 Å². The van der Waals surface area contributed by atoms with Crippen LogP contribution in [0.2, 0.25) is 0 Å². The van der Waals surface area contributed by atoms with Crippen LogP contribution in [0.15, 0.2) is 30.3 Å².